The Hall–Kier alpha value is -3.82. The van der Waals surface area contributed by atoms with Gasteiger partial charge in [-0.25, -0.2) is 4.90 Å². The third-order valence-corrected chi connectivity index (χ3v) is 7.41. The van der Waals surface area contributed by atoms with Gasteiger partial charge in [0.1, 0.15) is 0 Å². The molecule has 2 aliphatic rings. The summed E-state index contributed by atoms with van der Waals surface area (Å²) in [6.07, 6.45) is 0.142. The zero-order valence-electron chi connectivity index (χ0n) is 19.8. The van der Waals surface area contributed by atoms with Crippen LogP contribution in [0.4, 0.5) is 17.1 Å². The van der Waals surface area contributed by atoms with Gasteiger partial charge >= 0.3 is 0 Å². The van der Waals surface area contributed by atoms with Gasteiger partial charge in [-0.3, -0.25) is 24.1 Å². The van der Waals surface area contributed by atoms with Crippen LogP contribution in [0, 0.1) is 0 Å². The molecule has 3 amide bonds. The van der Waals surface area contributed by atoms with Gasteiger partial charge in [0, 0.05) is 50.0 Å². The summed E-state index contributed by atoms with van der Waals surface area (Å²) in [6.45, 7) is 4.15. The molecule has 2 aliphatic heterocycles. The molecule has 8 nitrogen and oxygen atoms in total. The first-order chi connectivity index (χ1) is 17.4. The van der Waals surface area contributed by atoms with Gasteiger partial charge in [0.2, 0.25) is 17.6 Å². The molecule has 2 aromatic carbocycles. The molecule has 3 heterocycles. The second kappa shape index (κ2) is 10.0. The molecule has 0 spiro atoms. The number of carbonyl (C=O) groups excluding carboxylic acids is 4. The molecule has 0 saturated carbocycles. The number of thiophene rings is 1. The maximum absolute atomic E-state index is 13.2. The number of carbonyl (C=O) groups is 4. The minimum atomic E-state index is -0.491. The first-order valence-corrected chi connectivity index (χ1v) is 12.7. The van der Waals surface area contributed by atoms with E-state index in [2.05, 4.69) is 15.1 Å². The SMILES string of the molecule is CC(=O)Nc1cccc(N2C(=O)C[C@@H](N3CCN(c4ccc(C(=O)c5cccs5)cc4)CC3)C2=O)c1. The maximum atomic E-state index is 13.2. The van der Waals surface area contributed by atoms with E-state index in [0.717, 1.165) is 10.6 Å². The zero-order valence-corrected chi connectivity index (χ0v) is 20.7. The third-order valence-electron chi connectivity index (χ3n) is 6.54. The lowest BCUT2D eigenvalue weighted by Gasteiger charge is -2.38. The fraction of sp³-hybridized carbons (Fsp3) is 0.259. The molecular formula is C27H26N4O4S. The van der Waals surface area contributed by atoms with E-state index in [1.54, 1.807) is 24.3 Å². The molecule has 0 unspecified atom stereocenters. The van der Waals surface area contributed by atoms with Crippen LogP contribution in [-0.4, -0.2) is 60.6 Å². The van der Waals surface area contributed by atoms with Crippen LogP contribution in [0.5, 0.6) is 0 Å². The molecule has 3 aromatic rings. The first kappa shape index (κ1) is 23.9. The summed E-state index contributed by atoms with van der Waals surface area (Å²) >= 11 is 1.44. The molecule has 1 N–H and O–H groups in total. The standard InChI is InChI=1S/C27H26N4O4S/c1-18(32)28-20-4-2-5-22(16-20)31-25(33)17-23(27(31)35)30-13-11-29(12-14-30)21-9-7-19(8-10-21)26(34)24-6-3-15-36-24/h2-10,15-16,23H,11-14,17H2,1H3,(H,28,32)/t23-/m1/s1. The van der Waals surface area contributed by atoms with Gasteiger partial charge in [-0.1, -0.05) is 12.1 Å². The normalized spacial score (nSPS) is 18.5. The van der Waals surface area contributed by atoms with Crippen LogP contribution in [-0.2, 0) is 14.4 Å². The van der Waals surface area contributed by atoms with Crippen LogP contribution in [0.3, 0.4) is 0 Å². The van der Waals surface area contributed by atoms with Crippen molar-refractivity contribution < 1.29 is 19.2 Å². The van der Waals surface area contributed by atoms with Crippen LogP contribution in [0.15, 0.2) is 66.0 Å². The summed E-state index contributed by atoms with van der Waals surface area (Å²) < 4.78 is 0. The smallest absolute Gasteiger partial charge is 0.251 e. The van der Waals surface area contributed by atoms with Crippen molar-refractivity contribution in [2.45, 2.75) is 19.4 Å². The maximum Gasteiger partial charge on any atom is 0.251 e. The van der Waals surface area contributed by atoms with Gasteiger partial charge < -0.3 is 10.2 Å². The van der Waals surface area contributed by atoms with Gasteiger partial charge in [0.05, 0.1) is 23.0 Å². The molecule has 1 aromatic heterocycles. The molecule has 5 rings (SSSR count). The molecule has 1 atom stereocenters. The Morgan fingerprint density at radius 2 is 1.67 bits per heavy atom. The van der Waals surface area contributed by atoms with E-state index in [4.69, 9.17) is 0 Å². The van der Waals surface area contributed by atoms with E-state index in [1.165, 1.54) is 23.2 Å². The van der Waals surface area contributed by atoms with Gasteiger partial charge in [-0.15, -0.1) is 11.3 Å². The average Bonchev–Trinajstić information content (AvgIpc) is 3.52. The summed E-state index contributed by atoms with van der Waals surface area (Å²) in [7, 11) is 0. The first-order valence-electron chi connectivity index (χ1n) is 11.8. The summed E-state index contributed by atoms with van der Waals surface area (Å²) in [6, 6.07) is 17.6. The number of piperazine rings is 1. The molecule has 184 valence electrons. The fourth-order valence-electron chi connectivity index (χ4n) is 4.76. The highest BCUT2D eigenvalue weighted by Gasteiger charge is 2.43. The second-order valence-corrected chi connectivity index (χ2v) is 9.84. The minimum Gasteiger partial charge on any atom is -0.369 e. The van der Waals surface area contributed by atoms with Gasteiger partial charge in [-0.05, 0) is 53.9 Å². The van der Waals surface area contributed by atoms with Gasteiger partial charge in [0.15, 0.2) is 0 Å². The van der Waals surface area contributed by atoms with E-state index in [0.29, 0.717) is 43.1 Å². The summed E-state index contributed by atoms with van der Waals surface area (Å²) in [5, 5.41) is 4.58. The topological polar surface area (TPSA) is 90.0 Å². The van der Waals surface area contributed by atoms with Crippen molar-refractivity contribution in [3.63, 3.8) is 0 Å². The molecular weight excluding hydrogens is 476 g/mol. The number of amides is 3. The lowest BCUT2D eigenvalue weighted by atomic mass is 10.1. The van der Waals surface area contributed by atoms with Gasteiger partial charge in [-0.2, -0.15) is 0 Å². The highest BCUT2D eigenvalue weighted by molar-refractivity contribution is 7.12. The Morgan fingerprint density at radius 3 is 2.33 bits per heavy atom. The highest BCUT2D eigenvalue weighted by Crippen LogP contribution is 2.29. The van der Waals surface area contributed by atoms with Crippen molar-refractivity contribution in [3.05, 3.63) is 76.5 Å². The molecule has 9 heteroatoms. The summed E-state index contributed by atoms with van der Waals surface area (Å²) in [5.41, 5.74) is 2.70. The second-order valence-electron chi connectivity index (χ2n) is 8.90. The van der Waals surface area contributed by atoms with Crippen LogP contribution in [0.1, 0.15) is 28.6 Å². The number of hydrogen-bond donors (Lipinski definition) is 1. The van der Waals surface area contributed by atoms with Crippen LogP contribution in [0.25, 0.3) is 0 Å². The summed E-state index contributed by atoms with van der Waals surface area (Å²) in [5.74, 6) is -0.660. The predicted octanol–water partition coefficient (Wildman–Crippen LogP) is 3.39. The predicted molar refractivity (Wildman–Crippen MR) is 140 cm³/mol. The van der Waals surface area contributed by atoms with Crippen molar-refractivity contribution in [2.24, 2.45) is 0 Å². The van der Waals surface area contributed by atoms with Crippen LogP contribution >= 0.6 is 11.3 Å². The largest absolute Gasteiger partial charge is 0.369 e. The Bertz CT molecular complexity index is 1300. The number of benzene rings is 2. The monoisotopic (exact) mass is 502 g/mol. The van der Waals surface area contributed by atoms with E-state index < -0.39 is 6.04 Å². The molecule has 36 heavy (non-hydrogen) atoms. The van der Waals surface area contributed by atoms with Crippen molar-refractivity contribution in [1.29, 1.82) is 0 Å². The Morgan fingerprint density at radius 1 is 0.917 bits per heavy atom. The fourth-order valence-corrected chi connectivity index (χ4v) is 5.45. The third kappa shape index (κ3) is 4.80. The number of ketones is 1. The van der Waals surface area contributed by atoms with Crippen LogP contribution < -0.4 is 15.1 Å². The average molecular weight is 503 g/mol. The van der Waals surface area contributed by atoms with Crippen molar-refractivity contribution in [3.8, 4) is 0 Å². The van der Waals surface area contributed by atoms with Crippen molar-refractivity contribution in [2.75, 3.05) is 41.3 Å². The van der Waals surface area contributed by atoms with Gasteiger partial charge in [0.25, 0.3) is 5.91 Å². The Balaban J connectivity index is 1.21. The lowest BCUT2D eigenvalue weighted by molar-refractivity contribution is -0.123. The van der Waals surface area contributed by atoms with E-state index in [-0.39, 0.29) is 29.9 Å². The molecule has 2 fully saturated rings. The van der Waals surface area contributed by atoms with Crippen molar-refractivity contribution in [1.82, 2.24) is 4.90 Å². The molecule has 2 saturated heterocycles. The van der Waals surface area contributed by atoms with E-state index >= 15 is 0 Å². The quantitative estimate of drug-likeness (QED) is 0.411. The highest BCUT2D eigenvalue weighted by atomic mass is 32.1. The Kier molecular flexibility index (Phi) is 6.67. The Labute approximate surface area is 213 Å². The number of nitrogens with one attached hydrogen (secondary N) is 1. The summed E-state index contributed by atoms with van der Waals surface area (Å²) in [4.78, 5) is 56.2. The number of imide groups is 1. The van der Waals surface area contributed by atoms with E-state index in [9.17, 15) is 19.2 Å². The number of anilines is 3. The molecule has 0 radical (unpaired) electrons. The molecule has 0 aliphatic carbocycles. The lowest BCUT2D eigenvalue weighted by Crippen LogP contribution is -2.52. The zero-order chi connectivity index (χ0) is 25.2. The number of hydrogen-bond acceptors (Lipinski definition) is 7. The van der Waals surface area contributed by atoms with Crippen LogP contribution in [0.2, 0.25) is 0 Å². The van der Waals surface area contributed by atoms with Crippen molar-refractivity contribution >= 4 is 51.9 Å². The molecule has 0 bridgehead atoms. The number of rotatable bonds is 6. The van der Waals surface area contributed by atoms with E-state index in [1.807, 2.05) is 41.8 Å². The number of nitrogens with zero attached hydrogens (tertiary/aromatic N) is 3. The minimum absolute atomic E-state index is 0.0259.